The van der Waals surface area contributed by atoms with Gasteiger partial charge in [0, 0.05) is 65.2 Å². The first-order valence-electron chi connectivity index (χ1n) is 22.3. The third kappa shape index (κ3) is 65.5. The van der Waals surface area contributed by atoms with E-state index < -0.39 is 0 Å². The van der Waals surface area contributed by atoms with Gasteiger partial charge in [0.2, 0.25) is 11.8 Å². The molecule has 0 aliphatic carbocycles. The molecule has 0 aliphatic rings. The van der Waals surface area contributed by atoms with E-state index in [2.05, 4.69) is 54.1 Å². The molecular weight excluding hydrogens is 659 g/mol. The van der Waals surface area contributed by atoms with Crippen molar-refractivity contribution in [2.45, 2.75) is 194 Å². The molecule has 316 valence electrons. The van der Waals surface area contributed by atoms with Gasteiger partial charge in [-0.1, -0.05) is 141 Å². The maximum atomic E-state index is 10.5. The molecule has 0 rings (SSSR count). The first-order valence-corrected chi connectivity index (χ1v) is 22.3. The highest BCUT2D eigenvalue weighted by Gasteiger charge is 1.96. The number of nitrogens with one attached hydrogen (secondary N) is 3. The van der Waals surface area contributed by atoms with Gasteiger partial charge in [0.05, 0.1) is 0 Å². The Hall–Kier alpha value is -1.78. The molecule has 0 unspecified atom stereocenters. The zero-order valence-electron chi connectivity index (χ0n) is 35.4. The van der Waals surface area contributed by atoms with Gasteiger partial charge in [-0.25, -0.2) is 0 Å². The molecule has 0 aromatic carbocycles. The van der Waals surface area contributed by atoms with Crippen LogP contribution < -0.4 is 38.9 Å². The number of amides is 2. The van der Waals surface area contributed by atoms with Gasteiger partial charge in [-0.2, -0.15) is 0 Å². The summed E-state index contributed by atoms with van der Waals surface area (Å²) < 4.78 is 0. The third-order valence-corrected chi connectivity index (χ3v) is 8.97. The number of carbonyl (C=O) groups is 2. The van der Waals surface area contributed by atoms with Crippen molar-refractivity contribution in [1.29, 1.82) is 0 Å². The molecule has 0 aromatic heterocycles. The van der Waals surface area contributed by atoms with Crippen LogP contribution in [0.25, 0.3) is 0 Å². The molecule has 0 aromatic rings. The predicted octanol–water partition coefficient (Wildman–Crippen LogP) is 8.69. The summed E-state index contributed by atoms with van der Waals surface area (Å²) in [5.41, 5.74) is 20.8. The zero-order chi connectivity index (χ0) is 39.6. The Morgan fingerprint density at radius 2 is 0.623 bits per heavy atom. The van der Waals surface area contributed by atoms with Gasteiger partial charge in [0.1, 0.15) is 0 Å². The second kappa shape index (κ2) is 54.6. The summed E-state index contributed by atoms with van der Waals surface area (Å²) in [6, 6.07) is 0. The first kappa shape index (κ1) is 55.6. The second-order valence-electron chi connectivity index (χ2n) is 14.4. The van der Waals surface area contributed by atoms with E-state index in [-0.39, 0.29) is 11.8 Å². The van der Waals surface area contributed by atoms with Gasteiger partial charge >= 0.3 is 0 Å². The SMILES string of the molecule is CCCCCCCC/C=C\CCCCCCCC(N)=O.CCCCCCCC/C=C\CCCCCCCC(N)=O.NCCNCCNCCNCCN. The molecule has 0 fully saturated rings. The largest absolute Gasteiger partial charge is 0.370 e. The molecule has 0 radical (unpaired) electrons. The van der Waals surface area contributed by atoms with Crippen LogP contribution >= 0.6 is 0 Å². The van der Waals surface area contributed by atoms with Crippen LogP contribution in [0.5, 0.6) is 0 Å². The van der Waals surface area contributed by atoms with Gasteiger partial charge in [-0.3, -0.25) is 9.59 Å². The molecule has 0 bridgehead atoms. The van der Waals surface area contributed by atoms with Crippen LogP contribution in [0.4, 0.5) is 0 Å². The number of unbranched alkanes of at least 4 members (excludes halogenated alkanes) is 22. The standard InChI is InChI=1S/2C18H35NO.C8H23N5/c2*1-2-3-4-5-6-7-8-9-10-11-12-13-14-15-16-17-18(19)20;9-1-3-11-5-7-13-8-6-12-4-2-10/h2*9-10H,2-8,11-17H2,1H3,(H2,19,20);11-13H,1-10H2/b2*10-9-;. The maximum Gasteiger partial charge on any atom is 0.217 e. The average Bonchev–Trinajstić information content (AvgIpc) is 3.14. The number of nitrogens with two attached hydrogens (primary N) is 4. The highest BCUT2D eigenvalue weighted by molar-refractivity contribution is 5.73. The summed E-state index contributed by atoms with van der Waals surface area (Å²) in [7, 11) is 0. The normalized spacial score (nSPS) is 11.1. The minimum atomic E-state index is -0.164. The summed E-state index contributed by atoms with van der Waals surface area (Å²) in [4.78, 5) is 21.1. The summed E-state index contributed by atoms with van der Waals surface area (Å²) in [5, 5.41) is 9.71. The third-order valence-electron chi connectivity index (χ3n) is 8.97. The van der Waals surface area contributed by atoms with Crippen LogP contribution in [0.2, 0.25) is 0 Å². The van der Waals surface area contributed by atoms with Gasteiger partial charge in [0.25, 0.3) is 0 Å². The highest BCUT2D eigenvalue weighted by atomic mass is 16.1. The number of hydrogen-bond acceptors (Lipinski definition) is 7. The van der Waals surface area contributed by atoms with E-state index in [0.29, 0.717) is 25.9 Å². The van der Waals surface area contributed by atoms with Gasteiger partial charge in [-0.05, 0) is 64.2 Å². The lowest BCUT2D eigenvalue weighted by Gasteiger charge is -2.06. The van der Waals surface area contributed by atoms with Crippen LogP contribution in [0, 0.1) is 0 Å². The molecule has 0 saturated carbocycles. The predicted molar refractivity (Wildman–Crippen MR) is 234 cm³/mol. The van der Waals surface area contributed by atoms with Crippen molar-refractivity contribution in [3.8, 4) is 0 Å². The Labute approximate surface area is 329 Å². The fourth-order valence-electron chi connectivity index (χ4n) is 5.67. The van der Waals surface area contributed by atoms with Crippen molar-refractivity contribution < 1.29 is 9.59 Å². The molecule has 9 nitrogen and oxygen atoms in total. The number of hydrogen-bond donors (Lipinski definition) is 7. The van der Waals surface area contributed by atoms with Crippen molar-refractivity contribution in [3.05, 3.63) is 24.3 Å². The van der Waals surface area contributed by atoms with Crippen molar-refractivity contribution >= 4 is 11.8 Å². The van der Waals surface area contributed by atoms with Crippen LogP contribution in [-0.2, 0) is 9.59 Å². The molecule has 0 aliphatic heterocycles. The van der Waals surface area contributed by atoms with Gasteiger partial charge in [-0.15, -0.1) is 0 Å². The molecule has 0 spiro atoms. The van der Waals surface area contributed by atoms with E-state index in [1.54, 1.807) is 0 Å². The van der Waals surface area contributed by atoms with Crippen molar-refractivity contribution in [2.24, 2.45) is 22.9 Å². The molecule has 2 amide bonds. The molecular formula is C44H93N7O2. The number of allylic oxidation sites excluding steroid dienone is 4. The molecule has 0 saturated heterocycles. The lowest BCUT2D eigenvalue weighted by atomic mass is 10.1. The van der Waals surface area contributed by atoms with Crippen molar-refractivity contribution in [2.75, 3.05) is 52.4 Å². The van der Waals surface area contributed by atoms with Crippen molar-refractivity contribution in [3.63, 3.8) is 0 Å². The van der Waals surface area contributed by atoms with E-state index >= 15 is 0 Å². The zero-order valence-corrected chi connectivity index (χ0v) is 35.4. The van der Waals surface area contributed by atoms with E-state index in [4.69, 9.17) is 22.9 Å². The minimum Gasteiger partial charge on any atom is -0.370 e. The smallest absolute Gasteiger partial charge is 0.217 e. The molecule has 11 N–H and O–H groups in total. The molecule has 0 heterocycles. The van der Waals surface area contributed by atoms with Crippen LogP contribution in [0.15, 0.2) is 24.3 Å². The molecule has 0 atom stereocenters. The number of carbonyl (C=O) groups excluding carboxylic acids is 2. The van der Waals surface area contributed by atoms with Gasteiger partial charge < -0.3 is 38.9 Å². The first-order chi connectivity index (χ1) is 26.0. The van der Waals surface area contributed by atoms with Gasteiger partial charge in [0.15, 0.2) is 0 Å². The Morgan fingerprint density at radius 3 is 0.887 bits per heavy atom. The average molecular weight is 752 g/mol. The van der Waals surface area contributed by atoms with E-state index in [0.717, 1.165) is 65.0 Å². The fourth-order valence-corrected chi connectivity index (χ4v) is 5.67. The van der Waals surface area contributed by atoms with Crippen LogP contribution in [0.3, 0.4) is 0 Å². The van der Waals surface area contributed by atoms with E-state index in [1.165, 1.54) is 141 Å². The lowest BCUT2D eigenvalue weighted by molar-refractivity contribution is -0.119. The Balaban J connectivity index is -0.000000726. The Kier molecular flexibility index (Phi) is 57.2. The quantitative estimate of drug-likeness (QED) is 0.0242. The maximum absolute atomic E-state index is 10.5. The van der Waals surface area contributed by atoms with Crippen molar-refractivity contribution in [1.82, 2.24) is 16.0 Å². The molecule has 9 heteroatoms. The fraction of sp³-hybridized carbons (Fsp3) is 0.864. The Bertz CT molecular complexity index is 689. The minimum absolute atomic E-state index is 0.164. The number of primary amides is 2. The second-order valence-corrected chi connectivity index (χ2v) is 14.4. The summed E-state index contributed by atoms with van der Waals surface area (Å²) in [5.74, 6) is -0.328. The van der Waals surface area contributed by atoms with E-state index in [1.807, 2.05) is 0 Å². The summed E-state index contributed by atoms with van der Waals surface area (Å²) in [6.07, 6.45) is 43.8. The Morgan fingerprint density at radius 1 is 0.377 bits per heavy atom. The van der Waals surface area contributed by atoms with E-state index in [9.17, 15) is 9.59 Å². The van der Waals surface area contributed by atoms with Crippen LogP contribution in [-0.4, -0.2) is 64.2 Å². The topological polar surface area (TPSA) is 174 Å². The summed E-state index contributed by atoms with van der Waals surface area (Å²) in [6.45, 7) is 11.7. The number of rotatable bonds is 40. The monoisotopic (exact) mass is 752 g/mol. The highest BCUT2D eigenvalue weighted by Crippen LogP contribution is 2.11. The summed E-state index contributed by atoms with van der Waals surface area (Å²) >= 11 is 0. The van der Waals surface area contributed by atoms with Crippen LogP contribution in [0.1, 0.15) is 194 Å². The molecule has 53 heavy (non-hydrogen) atoms. The lowest BCUT2D eigenvalue weighted by Crippen LogP contribution is -2.35.